The van der Waals surface area contributed by atoms with Crippen LogP contribution in [0.4, 0.5) is 13.2 Å². The monoisotopic (exact) mass is 445 g/mol. The Hall–Kier alpha value is -2.91. The van der Waals surface area contributed by atoms with E-state index in [0.717, 1.165) is 23.3 Å². The first-order valence-corrected chi connectivity index (χ1v) is 10.4. The van der Waals surface area contributed by atoms with Gasteiger partial charge in [-0.3, -0.25) is 10.1 Å². The first kappa shape index (κ1) is 21.0. The number of aliphatic hydroxyl groups is 1. The molecule has 3 aliphatic carbocycles. The second-order valence-corrected chi connectivity index (χ2v) is 9.22. The molecule has 2 heterocycles. The molecule has 0 spiro atoms. The van der Waals surface area contributed by atoms with Crippen molar-refractivity contribution < 1.29 is 28.2 Å². The highest BCUT2D eigenvalue weighted by Crippen LogP contribution is 2.69. The lowest BCUT2D eigenvalue weighted by Gasteiger charge is -2.71. The predicted octanol–water partition coefficient (Wildman–Crippen LogP) is 3.92. The van der Waals surface area contributed by atoms with Gasteiger partial charge in [0.1, 0.15) is 5.69 Å². The molecular formula is C23H22F3N3O3. The summed E-state index contributed by atoms with van der Waals surface area (Å²) in [4.78, 5) is 15.4. The van der Waals surface area contributed by atoms with Gasteiger partial charge in [-0.25, -0.2) is 4.98 Å². The number of carboxylic acids is 1. The molecule has 0 radical (unpaired) electrons. The summed E-state index contributed by atoms with van der Waals surface area (Å²) in [7, 11) is 0. The molecule has 3 N–H and O–H groups in total. The van der Waals surface area contributed by atoms with E-state index in [4.69, 9.17) is 5.11 Å². The summed E-state index contributed by atoms with van der Waals surface area (Å²) in [6.07, 6.45) is 0.679. The van der Waals surface area contributed by atoms with Gasteiger partial charge in [-0.15, -0.1) is 0 Å². The highest BCUT2D eigenvalue weighted by Gasteiger charge is 2.68. The number of alkyl halides is 3. The van der Waals surface area contributed by atoms with Crippen LogP contribution < -0.4 is 5.32 Å². The van der Waals surface area contributed by atoms with E-state index in [2.05, 4.69) is 10.3 Å². The lowest BCUT2D eigenvalue weighted by atomic mass is 9.38. The number of imidazole rings is 1. The zero-order valence-electron chi connectivity index (χ0n) is 17.1. The molecule has 9 heteroatoms. The van der Waals surface area contributed by atoms with Crippen molar-refractivity contribution in [2.45, 2.75) is 50.0 Å². The van der Waals surface area contributed by atoms with Crippen molar-refractivity contribution in [1.82, 2.24) is 14.7 Å². The molecule has 6 rings (SSSR count). The molecule has 3 aliphatic rings. The number of benzene rings is 1. The number of hydrogen-bond donors (Lipinski definition) is 3. The van der Waals surface area contributed by atoms with E-state index in [1.807, 2.05) is 12.1 Å². The van der Waals surface area contributed by atoms with E-state index in [-0.39, 0.29) is 17.4 Å². The minimum absolute atomic E-state index is 0.150. The van der Waals surface area contributed by atoms with Gasteiger partial charge >= 0.3 is 12.1 Å². The molecule has 1 aromatic carbocycles. The summed E-state index contributed by atoms with van der Waals surface area (Å²) < 4.78 is 40.3. The number of hydrogen-bond acceptors (Lipinski definition) is 4. The second-order valence-electron chi connectivity index (χ2n) is 9.22. The Labute approximate surface area is 181 Å². The van der Waals surface area contributed by atoms with Crippen molar-refractivity contribution in [3.8, 4) is 0 Å². The fraction of sp³-hybridized carbons (Fsp3) is 0.391. The molecule has 0 saturated heterocycles. The standard InChI is InChI=1S/C23H22F3N3O3/c24-23(25,26)16-5-3-14(4-6-16)8-15-2-1-7-29-13-27-18(19(15)29)20(32)28-22-10-21(11-22,12-22)9-17(30)31/h1-7,13,20,28,32H,8-12H2,(H,30,31). The first-order valence-electron chi connectivity index (χ1n) is 10.4. The first-order chi connectivity index (χ1) is 15.1. The zero-order valence-corrected chi connectivity index (χ0v) is 17.1. The van der Waals surface area contributed by atoms with Gasteiger partial charge in [-0.2, -0.15) is 13.2 Å². The number of carbonyl (C=O) groups is 1. The topological polar surface area (TPSA) is 86.9 Å². The van der Waals surface area contributed by atoms with Crippen LogP contribution >= 0.6 is 0 Å². The fourth-order valence-electron chi connectivity index (χ4n) is 5.54. The van der Waals surface area contributed by atoms with Crippen LogP contribution in [0.3, 0.4) is 0 Å². The Morgan fingerprint density at radius 3 is 2.50 bits per heavy atom. The van der Waals surface area contributed by atoms with E-state index >= 15 is 0 Å². The third-order valence-electron chi connectivity index (χ3n) is 6.71. The van der Waals surface area contributed by atoms with Crippen LogP contribution in [0.2, 0.25) is 0 Å². The van der Waals surface area contributed by atoms with Crippen LogP contribution in [0.5, 0.6) is 0 Å². The average molecular weight is 445 g/mol. The Morgan fingerprint density at radius 2 is 1.88 bits per heavy atom. The second kappa shape index (κ2) is 7.05. The molecular weight excluding hydrogens is 423 g/mol. The number of aliphatic hydroxyl groups excluding tert-OH is 1. The van der Waals surface area contributed by atoms with E-state index in [1.165, 1.54) is 12.1 Å². The predicted molar refractivity (Wildman–Crippen MR) is 109 cm³/mol. The number of halogens is 3. The van der Waals surface area contributed by atoms with Gasteiger partial charge in [0.25, 0.3) is 0 Å². The number of carboxylic acid groups (broad SMARTS) is 1. The third-order valence-corrected chi connectivity index (χ3v) is 6.71. The fourth-order valence-corrected chi connectivity index (χ4v) is 5.54. The minimum Gasteiger partial charge on any atom is -0.481 e. The van der Waals surface area contributed by atoms with Crippen LogP contribution in [-0.2, 0) is 17.4 Å². The number of rotatable bonds is 7. The summed E-state index contributed by atoms with van der Waals surface area (Å²) in [5.74, 6) is -0.799. The van der Waals surface area contributed by atoms with Crippen molar-refractivity contribution in [2.24, 2.45) is 5.41 Å². The van der Waals surface area contributed by atoms with E-state index < -0.39 is 23.9 Å². The molecule has 2 aromatic heterocycles. The van der Waals surface area contributed by atoms with E-state index in [9.17, 15) is 23.1 Å². The van der Waals surface area contributed by atoms with Gasteiger partial charge in [-0.05, 0) is 60.4 Å². The maximum atomic E-state index is 12.8. The molecule has 1 atom stereocenters. The van der Waals surface area contributed by atoms with Gasteiger partial charge in [0.2, 0.25) is 0 Å². The van der Waals surface area contributed by atoms with Gasteiger partial charge in [0, 0.05) is 11.7 Å². The zero-order chi connectivity index (χ0) is 22.7. The minimum atomic E-state index is -4.38. The van der Waals surface area contributed by atoms with Crippen LogP contribution in [0, 0.1) is 5.41 Å². The Bertz CT molecular complexity index is 1170. The highest BCUT2D eigenvalue weighted by atomic mass is 19.4. The van der Waals surface area contributed by atoms with Crippen molar-refractivity contribution >= 4 is 11.5 Å². The lowest BCUT2D eigenvalue weighted by molar-refractivity contribution is -0.188. The third kappa shape index (κ3) is 3.55. The van der Waals surface area contributed by atoms with Crippen LogP contribution in [0.25, 0.3) is 5.52 Å². The SMILES string of the molecule is O=C(O)CC12CC(NC(O)c3ncn4cccc(Cc5ccc(C(F)(F)F)cc5)c34)(C1)C2. The number of pyridine rings is 1. The molecule has 3 fully saturated rings. The summed E-state index contributed by atoms with van der Waals surface area (Å²) in [5, 5.41) is 23.2. The smallest absolute Gasteiger partial charge is 0.416 e. The van der Waals surface area contributed by atoms with E-state index in [0.29, 0.717) is 36.9 Å². The van der Waals surface area contributed by atoms with Crippen molar-refractivity contribution in [3.05, 3.63) is 71.3 Å². The number of nitrogens with one attached hydrogen (secondary N) is 1. The largest absolute Gasteiger partial charge is 0.481 e. The normalized spacial score (nSPS) is 25.2. The molecule has 3 aromatic rings. The van der Waals surface area contributed by atoms with Gasteiger partial charge in [0.05, 0.1) is 23.8 Å². The van der Waals surface area contributed by atoms with Crippen molar-refractivity contribution in [2.75, 3.05) is 0 Å². The average Bonchev–Trinajstić information content (AvgIpc) is 3.10. The molecule has 0 amide bonds. The van der Waals surface area contributed by atoms with Gasteiger partial charge < -0.3 is 14.6 Å². The maximum Gasteiger partial charge on any atom is 0.416 e. The van der Waals surface area contributed by atoms with Crippen LogP contribution in [-0.4, -0.2) is 31.1 Å². The quantitative estimate of drug-likeness (QED) is 0.480. The molecule has 0 aliphatic heterocycles. The van der Waals surface area contributed by atoms with Gasteiger partial charge in [-0.1, -0.05) is 18.2 Å². The summed E-state index contributed by atoms with van der Waals surface area (Å²) in [5.41, 5.74) is 1.61. The number of nitrogens with zero attached hydrogens (tertiary/aromatic N) is 2. The van der Waals surface area contributed by atoms with Gasteiger partial charge in [0.15, 0.2) is 6.23 Å². The number of fused-ring (bicyclic) bond motifs is 1. The summed E-state index contributed by atoms with van der Waals surface area (Å²) in [6.45, 7) is 0. The molecule has 3 saturated carbocycles. The maximum absolute atomic E-state index is 12.8. The Morgan fingerprint density at radius 1 is 1.19 bits per heavy atom. The van der Waals surface area contributed by atoms with Crippen molar-refractivity contribution in [3.63, 3.8) is 0 Å². The van der Waals surface area contributed by atoms with Crippen LogP contribution in [0.1, 0.15) is 54.3 Å². The van der Waals surface area contributed by atoms with E-state index in [1.54, 1.807) is 16.9 Å². The highest BCUT2D eigenvalue weighted by molar-refractivity contribution is 5.69. The Kier molecular flexibility index (Phi) is 4.62. The number of aliphatic carboxylic acids is 1. The number of aromatic nitrogens is 2. The molecule has 2 bridgehead atoms. The lowest BCUT2D eigenvalue weighted by Crippen LogP contribution is -2.74. The molecule has 1 unspecified atom stereocenters. The molecule has 168 valence electrons. The molecule has 6 nitrogen and oxygen atoms in total. The Balaban J connectivity index is 1.35. The summed E-state index contributed by atoms with van der Waals surface area (Å²) in [6, 6.07) is 8.75. The summed E-state index contributed by atoms with van der Waals surface area (Å²) >= 11 is 0. The van der Waals surface area contributed by atoms with Crippen LogP contribution in [0.15, 0.2) is 48.9 Å². The molecule has 32 heavy (non-hydrogen) atoms. The van der Waals surface area contributed by atoms with Crippen molar-refractivity contribution in [1.29, 1.82) is 0 Å².